The van der Waals surface area contributed by atoms with Crippen molar-refractivity contribution >= 4 is 29.0 Å². The van der Waals surface area contributed by atoms with Crippen LogP contribution in [0.25, 0.3) is 0 Å². The third-order valence-corrected chi connectivity index (χ3v) is 6.35. The van der Waals surface area contributed by atoms with E-state index in [0.29, 0.717) is 22.7 Å². The second-order valence-electron chi connectivity index (χ2n) is 8.33. The molecule has 0 spiro atoms. The summed E-state index contributed by atoms with van der Waals surface area (Å²) in [4.78, 5) is 44.7. The molecule has 2 aromatic rings. The molecule has 11 heteroatoms. The molecule has 0 bridgehead atoms. The first-order valence-corrected chi connectivity index (χ1v) is 11.8. The lowest BCUT2D eigenvalue weighted by atomic mass is 9.73. The molecule has 0 fully saturated rings. The molecule has 0 aromatic heterocycles. The van der Waals surface area contributed by atoms with Crippen LogP contribution in [0.1, 0.15) is 32.3 Å². The van der Waals surface area contributed by atoms with Gasteiger partial charge in [-0.1, -0.05) is 17.3 Å². The second-order valence-corrected chi connectivity index (χ2v) is 8.33. The summed E-state index contributed by atoms with van der Waals surface area (Å²) in [6.45, 7) is 5.40. The number of nitro benzene ring substituents is 1. The predicted molar refractivity (Wildman–Crippen MR) is 133 cm³/mol. The number of non-ortho nitro benzene ring substituents is 1. The van der Waals surface area contributed by atoms with Crippen molar-refractivity contribution in [1.82, 2.24) is 0 Å². The number of hydrogen-bond donors (Lipinski definition) is 0. The van der Waals surface area contributed by atoms with Gasteiger partial charge >= 0.3 is 11.9 Å². The van der Waals surface area contributed by atoms with Crippen molar-refractivity contribution in [3.05, 3.63) is 75.5 Å². The number of ether oxygens (including phenoxy) is 3. The Morgan fingerprint density at radius 1 is 1.03 bits per heavy atom. The van der Waals surface area contributed by atoms with Gasteiger partial charge in [0.2, 0.25) is 6.23 Å². The molecule has 2 aliphatic rings. The topological polar surface area (TPSA) is 130 Å². The highest BCUT2D eigenvalue weighted by Gasteiger charge is 2.54. The summed E-state index contributed by atoms with van der Waals surface area (Å²) in [5, 5.41) is 15.3. The third-order valence-electron chi connectivity index (χ3n) is 6.35. The third kappa shape index (κ3) is 4.72. The Balaban J connectivity index is 1.93. The van der Waals surface area contributed by atoms with E-state index in [-0.39, 0.29) is 30.2 Å². The predicted octanol–water partition coefficient (Wildman–Crippen LogP) is 3.94. The van der Waals surface area contributed by atoms with Crippen LogP contribution in [-0.4, -0.2) is 49.1 Å². The number of nitrogens with zero attached hydrogens (tertiary/aromatic N) is 3. The Hall–Kier alpha value is -4.41. The van der Waals surface area contributed by atoms with E-state index in [2.05, 4.69) is 5.16 Å². The van der Waals surface area contributed by atoms with Gasteiger partial charge in [0.15, 0.2) is 5.71 Å². The average Bonchev–Trinajstić information content (AvgIpc) is 3.33. The number of allylic oxidation sites excluding steroid dienone is 1. The zero-order valence-electron chi connectivity index (χ0n) is 20.9. The second kappa shape index (κ2) is 10.7. The van der Waals surface area contributed by atoms with Gasteiger partial charge in [0.1, 0.15) is 5.75 Å². The normalized spacial score (nSPS) is 20.5. The summed E-state index contributed by atoms with van der Waals surface area (Å²) in [6, 6.07) is 13.0. The van der Waals surface area contributed by atoms with Crippen LogP contribution in [0.15, 0.2) is 65.0 Å². The zero-order chi connectivity index (χ0) is 26.7. The maximum atomic E-state index is 13.4. The van der Waals surface area contributed by atoms with E-state index in [9.17, 15) is 19.7 Å². The van der Waals surface area contributed by atoms with E-state index in [1.165, 1.54) is 12.1 Å². The molecular formula is C26H27N3O8. The fourth-order valence-electron chi connectivity index (χ4n) is 4.75. The van der Waals surface area contributed by atoms with Crippen LogP contribution in [-0.2, 0) is 23.9 Å². The van der Waals surface area contributed by atoms with E-state index < -0.39 is 34.9 Å². The van der Waals surface area contributed by atoms with Crippen LogP contribution in [0.5, 0.6) is 5.75 Å². The number of carbonyl (C=O) groups is 2. The molecule has 0 saturated carbocycles. The first-order valence-electron chi connectivity index (χ1n) is 11.8. The number of benzene rings is 2. The van der Waals surface area contributed by atoms with Crippen LogP contribution < -0.4 is 9.64 Å². The first kappa shape index (κ1) is 25.7. The molecule has 37 heavy (non-hydrogen) atoms. The highest BCUT2D eigenvalue weighted by molar-refractivity contribution is 6.38. The van der Waals surface area contributed by atoms with Gasteiger partial charge in [-0.05, 0) is 50.6 Å². The Kier molecular flexibility index (Phi) is 7.42. The van der Waals surface area contributed by atoms with Crippen LogP contribution in [0, 0.1) is 16.0 Å². The van der Waals surface area contributed by atoms with Crippen molar-refractivity contribution in [2.75, 3.05) is 25.2 Å². The molecule has 2 aliphatic heterocycles. The number of nitro groups is 1. The maximum absolute atomic E-state index is 13.4. The van der Waals surface area contributed by atoms with Crippen LogP contribution in [0.2, 0.25) is 0 Å². The molecular weight excluding hydrogens is 482 g/mol. The minimum atomic E-state index is -0.800. The quantitative estimate of drug-likeness (QED) is 0.295. The molecule has 2 heterocycles. The molecule has 1 unspecified atom stereocenters. The van der Waals surface area contributed by atoms with Crippen molar-refractivity contribution in [1.29, 1.82) is 0 Å². The molecule has 0 radical (unpaired) electrons. The summed E-state index contributed by atoms with van der Waals surface area (Å²) >= 11 is 0. The Bertz CT molecular complexity index is 1250. The van der Waals surface area contributed by atoms with Crippen molar-refractivity contribution in [2.24, 2.45) is 11.1 Å². The molecule has 0 saturated heterocycles. The minimum absolute atomic E-state index is 0.0167. The maximum Gasteiger partial charge on any atom is 0.356 e. The molecule has 0 N–H and O–H groups in total. The van der Waals surface area contributed by atoms with Crippen molar-refractivity contribution < 1.29 is 33.6 Å². The SMILES string of the molecule is CCOC(=O)C1=NO[C@H]2[C@@H]1C(c1ccc([N+](=O)[O-])cc1)C(C(=O)OCC)=C(C)N2c1ccc(OC)cc1. The summed E-state index contributed by atoms with van der Waals surface area (Å²) < 4.78 is 15.9. The molecule has 2 aromatic carbocycles. The Labute approximate surface area is 213 Å². The van der Waals surface area contributed by atoms with Crippen LogP contribution in [0.3, 0.4) is 0 Å². The van der Waals surface area contributed by atoms with Gasteiger partial charge in [0, 0.05) is 29.4 Å². The first-order chi connectivity index (χ1) is 17.8. The number of fused-ring (bicyclic) bond motifs is 1. The van der Waals surface area contributed by atoms with E-state index in [1.807, 2.05) is 0 Å². The van der Waals surface area contributed by atoms with E-state index in [4.69, 9.17) is 19.0 Å². The lowest BCUT2D eigenvalue weighted by Crippen LogP contribution is -2.50. The highest BCUT2D eigenvalue weighted by Crippen LogP contribution is 2.48. The number of anilines is 1. The Morgan fingerprint density at radius 2 is 1.65 bits per heavy atom. The van der Waals surface area contributed by atoms with Gasteiger partial charge in [-0.3, -0.25) is 10.1 Å². The summed E-state index contributed by atoms with van der Waals surface area (Å²) in [6.07, 6.45) is -0.800. The number of oxime groups is 1. The van der Waals surface area contributed by atoms with Gasteiger partial charge in [0.05, 0.1) is 36.7 Å². The van der Waals surface area contributed by atoms with Crippen molar-refractivity contribution in [3.8, 4) is 5.75 Å². The molecule has 194 valence electrons. The molecule has 4 rings (SSSR count). The van der Waals surface area contributed by atoms with Gasteiger partial charge < -0.3 is 23.9 Å². The van der Waals surface area contributed by atoms with E-state index in [0.717, 1.165) is 0 Å². The molecule has 0 amide bonds. The summed E-state index contributed by atoms with van der Waals surface area (Å²) in [7, 11) is 1.56. The molecule has 3 atom stereocenters. The lowest BCUT2D eigenvalue weighted by molar-refractivity contribution is -0.384. The zero-order valence-corrected chi connectivity index (χ0v) is 20.9. The fraction of sp³-hybridized carbons (Fsp3) is 0.346. The summed E-state index contributed by atoms with van der Waals surface area (Å²) in [5.74, 6) is -2.12. The average molecular weight is 510 g/mol. The van der Waals surface area contributed by atoms with Crippen molar-refractivity contribution in [2.45, 2.75) is 32.9 Å². The van der Waals surface area contributed by atoms with Gasteiger partial charge in [-0.2, -0.15) is 0 Å². The van der Waals surface area contributed by atoms with Gasteiger partial charge in [0.25, 0.3) is 5.69 Å². The smallest absolute Gasteiger partial charge is 0.356 e. The van der Waals surface area contributed by atoms with Crippen molar-refractivity contribution in [3.63, 3.8) is 0 Å². The fourth-order valence-corrected chi connectivity index (χ4v) is 4.75. The monoisotopic (exact) mass is 509 g/mol. The highest BCUT2D eigenvalue weighted by atomic mass is 16.7. The summed E-state index contributed by atoms with van der Waals surface area (Å²) in [5.41, 5.74) is 1.99. The van der Waals surface area contributed by atoms with Crippen LogP contribution in [0.4, 0.5) is 11.4 Å². The van der Waals surface area contributed by atoms with E-state index >= 15 is 0 Å². The molecule has 11 nitrogen and oxygen atoms in total. The minimum Gasteiger partial charge on any atom is -0.497 e. The number of rotatable bonds is 8. The Morgan fingerprint density at radius 3 is 2.22 bits per heavy atom. The number of carbonyl (C=O) groups excluding carboxylic acids is 2. The standard InChI is InChI=1S/C26H27N3O8/c1-5-35-25(30)20-15(3)28(17-11-13-19(34-4)14-12-17)24-22(23(27-37-24)26(31)36-6-2)21(20)16-7-9-18(10-8-16)29(32)33/h7-14,21-22,24H,5-6H2,1-4H3/t21?,22-,24+/m1/s1. The number of hydrogen-bond acceptors (Lipinski definition) is 10. The van der Waals surface area contributed by atoms with Crippen LogP contribution >= 0.6 is 0 Å². The number of methoxy groups -OCH3 is 1. The lowest BCUT2D eigenvalue weighted by Gasteiger charge is -2.42. The largest absolute Gasteiger partial charge is 0.497 e. The van der Waals surface area contributed by atoms with Gasteiger partial charge in [-0.25, -0.2) is 9.59 Å². The van der Waals surface area contributed by atoms with E-state index in [1.54, 1.807) is 69.2 Å². The van der Waals surface area contributed by atoms with Gasteiger partial charge in [-0.15, -0.1) is 0 Å². The number of esters is 2. The molecule has 0 aliphatic carbocycles.